The molecule has 6 nitrogen and oxygen atoms in total. The van der Waals surface area contributed by atoms with Gasteiger partial charge in [-0.15, -0.1) is 0 Å². The summed E-state index contributed by atoms with van der Waals surface area (Å²) in [5.74, 6) is 0.888. The van der Waals surface area contributed by atoms with Crippen LogP contribution < -0.4 is 5.73 Å². The Balaban J connectivity index is 1.30. The van der Waals surface area contributed by atoms with Crippen LogP contribution in [0.25, 0.3) is 16.3 Å². The van der Waals surface area contributed by atoms with Gasteiger partial charge < -0.3 is 25.6 Å². The van der Waals surface area contributed by atoms with Crippen molar-refractivity contribution in [1.29, 1.82) is 0 Å². The first-order valence-electron chi connectivity index (χ1n) is 13.2. The number of allylic oxidation sites excluding steroid dienone is 3. The fraction of sp³-hybridized carbons (Fsp3) is 0.500. The van der Waals surface area contributed by atoms with E-state index in [0.717, 1.165) is 42.0 Å². The van der Waals surface area contributed by atoms with Gasteiger partial charge in [0.25, 0.3) is 0 Å². The second-order valence-electron chi connectivity index (χ2n) is 12.1. The summed E-state index contributed by atoms with van der Waals surface area (Å²) in [6.07, 6.45) is 11.4. The van der Waals surface area contributed by atoms with Gasteiger partial charge in [0.2, 0.25) is 0 Å². The van der Waals surface area contributed by atoms with Gasteiger partial charge in [-0.25, -0.2) is 4.98 Å². The third-order valence-electron chi connectivity index (χ3n) is 10.2. The average Bonchev–Trinajstić information content (AvgIpc) is 3.37. The van der Waals surface area contributed by atoms with Crippen molar-refractivity contribution in [2.75, 3.05) is 19.8 Å². The lowest BCUT2D eigenvalue weighted by Crippen LogP contribution is -2.61. The van der Waals surface area contributed by atoms with Crippen LogP contribution in [0.3, 0.4) is 0 Å². The number of hydrogen-bond acceptors (Lipinski definition) is 6. The van der Waals surface area contributed by atoms with Crippen molar-refractivity contribution in [3.05, 3.63) is 65.4 Å². The van der Waals surface area contributed by atoms with E-state index in [4.69, 9.17) is 10.5 Å². The number of benzene rings is 1. The van der Waals surface area contributed by atoms with Crippen LogP contribution in [-0.4, -0.2) is 63.6 Å². The van der Waals surface area contributed by atoms with Gasteiger partial charge in [0.05, 0.1) is 17.3 Å². The summed E-state index contributed by atoms with van der Waals surface area (Å²) in [4.78, 5) is 6.33. The molecule has 2 fully saturated rings. The summed E-state index contributed by atoms with van der Waals surface area (Å²) in [6.45, 7) is 2.39. The molecule has 36 heavy (non-hydrogen) atoms. The van der Waals surface area contributed by atoms with Gasteiger partial charge in [-0.1, -0.05) is 37.3 Å². The molecule has 6 heteroatoms. The van der Waals surface area contributed by atoms with Crippen LogP contribution in [-0.2, 0) is 4.74 Å². The van der Waals surface area contributed by atoms with Gasteiger partial charge in [-0.2, -0.15) is 0 Å². The molecule has 2 spiro atoms. The molecule has 3 aliphatic carbocycles. The summed E-state index contributed by atoms with van der Waals surface area (Å²) >= 11 is 0. The molecule has 188 valence electrons. The van der Waals surface area contributed by atoms with Gasteiger partial charge in [-0.05, 0) is 86.0 Å². The minimum absolute atomic E-state index is 0.0568. The van der Waals surface area contributed by atoms with Gasteiger partial charge in [0, 0.05) is 29.0 Å². The number of nitrogen functional groups attached to an aromatic ring is 1. The highest BCUT2D eigenvalue weighted by atomic mass is 16.5. The van der Waals surface area contributed by atoms with Crippen LogP contribution in [0, 0.1) is 11.3 Å². The van der Waals surface area contributed by atoms with Crippen LogP contribution in [0.4, 0.5) is 5.82 Å². The number of aliphatic hydroxyl groups excluding tert-OH is 2. The number of anilines is 1. The van der Waals surface area contributed by atoms with Crippen LogP contribution in [0.15, 0.2) is 59.8 Å². The number of nitrogens with zero attached hydrogens (tertiary/aromatic N) is 2. The van der Waals surface area contributed by atoms with Crippen molar-refractivity contribution in [3.8, 4) is 0 Å². The van der Waals surface area contributed by atoms with Crippen molar-refractivity contribution in [2.45, 2.75) is 68.5 Å². The maximum Gasteiger partial charge on any atom is 0.131 e. The molecule has 4 N–H and O–H groups in total. The quantitative estimate of drug-likeness (QED) is 0.599. The van der Waals surface area contributed by atoms with Crippen molar-refractivity contribution < 1.29 is 14.9 Å². The molecule has 1 aromatic heterocycles. The van der Waals surface area contributed by atoms with Crippen LogP contribution >= 0.6 is 0 Å². The maximum atomic E-state index is 11.2. The number of nitrogens with two attached hydrogens (primary N) is 1. The highest BCUT2D eigenvalue weighted by molar-refractivity contribution is 5.94. The fourth-order valence-electron chi connectivity index (χ4n) is 8.30. The van der Waals surface area contributed by atoms with Gasteiger partial charge in [0.15, 0.2) is 0 Å². The van der Waals surface area contributed by atoms with E-state index in [2.05, 4.69) is 48.3 Å². The third kappa shape index (κ3) is 2.73. The Morgan fingerprint density at radius 3 is 2.78 bits per heavy atom. The van der Waals surface area contributed by atoms with E-state index in [1.54, 1.807) is 6.20 Å². The first-order valence-corrected chi connectivity index (χ1v) is 13.2. The minimum atomic E-state index is -0.898. The van der Waals surface area contributed by atoms with Gasteiger partial charge in [-0.3, -0.25) is 0 Å². The molecule has 0 radical (unpaired) electrons. The SMILES string of the molecule is CN(C)C1CC23CCC4(O2)C(=CCC2(C)C(c5ccc6ccnc(N)c6c5)=CCC24)C=C3C(O)C1O. The first-order chi connectivity index (χ1) is 17.2. The van der Waals surface area contributed by atoms with E-state index in [1.165, 1.54) is 16.7 Å². The van der Waals surface area contributed by atoms with E-state index >= 15 is 0 Å². The van der Waals surface area contributed by atoms with E-state index in [0.29, 0.717) is 18.2 Å². The average molecular weight is 486 g/mol. The normalized spacial score (nSPS) is 40.9. The second kappa shape index (κ2) is 7.29. The molecule has 3 heterocycles. The number of likely N-dealkylation sites (N-methyl/N-ethyl adjacent to an activating group) is 1. The molecule has 2 aromatic rings. The molecule has 0 amide bonds. The molecule has 2 bridgehead atoms. The molecular formula is C30H35N3O3. The lowest BCUT2D eigenvalue weighted by atomic mass is 9.58. The van der Waals surface area contributed by atoms with Crippen molar-refractivity contribution in [1.82, 2.24) is 9.88 Å². The summed E-state index contributed by atoms with van der Waals surface area (Å²) in [7, 11) is 3.95. The van der Waals surface area contributed by atoms with Crippen molar-refractivity contribution in [3.63, 3.8) is 0 Å². The molecule has 1 saturated heterocycles. The van der Waals surface area contributed by atoms with E-state index in [1.807, 2.05) is 25.1 Å². The lowest BCUT2D eigenvalue weighted by Gasteiger charge is -2.55. The molecule has 7 atom stereocenters. The highest BCUT2D eigenvalue weighted by Crippen LogP contribution is 2.67. The molecular weight excluding hydrogens is 450 g/mol. The number of aliphatic hydroxyl groups is 2. The van der Waals surface area contributed by atoms with Gasteiger partial charge >= 0.3 is 0 Å². The van der Waals surface area contributed by atoms with E-state index < -0.39 is 17.8 Å². The van der Waals surface area contributed by atoms with Crippen LogP contribution in [0.2, 0.25) is 0 Å². The van der Waals surface area contributed by atoms with Crippen LogP contribution in [0.1, 0.15) is 44.6 Å². The zero-order chi connectivity index (χ0) is 25.0. The van der Waals surface area contributed by atoms with E-state index in [9.17, 15) is 10.2 Å². The predicted octanol–water partition coefficient (Wildman–Crippen LogP) is 3.84. The topological polar surface area (TPSA) is 91.8 Å². The Hall–Kier alpha value is -2.51. The zero-order valence-corrected chi connectivity index (χ0v) is 21.2. The number of pyridine rings is 1. The number of ether oxygens (including phenoxy) is 1. The lowest BCUT2D eigenvalue weighted by molar-refractivity contribution is -0.161. The Morgan fingerprint density at radius 1 is 1.14 bits per heavy atom. The first kappa shape index (κ1) is 22.7. The molecule has 1 saturated carbocycles. The Labute approximate surface area is 212 Å². The Kier molecular flexibility index (Phi) is 4.59. The number of hydrogen-bond donors (Lipinski definition) is 3. The monoisotopic (exact) mass is 485 g/mol. The standard InChI is InChI=1S/C30H35N3O3/c1-28-10-8-19-15-22-25(34)26(35)23(33(2)3)16-29(22)11-12-30(19,36-29)24(28)7-6-21(28)18-5-4-17-9-13-32-27(31)20(17)14-18/h4-6,8-9,13-15,23-26,34-35H,7,10-12,16H2,1-3H3,(H2,31,32). The summed E-state index contributed by atoms with van der Waals surface area (Å²) in [5, 5.41) is 24.1. The molecule has 1 aromatic carbocycles. The zero-order valence-electron chi connectivity index (χ0n) is 21.2. The fourth-order valence-corrected chi connectivity index (χ4v) is 8.30. The van der Waals surface area contributed by atoms with Crippen LogP contribution in [0.5, 0.6) is 0 Å². The third-order valence-corrected chi connectivity index (χ3v) is 10.2. The van der Waals surface area contributed by atoms with Crippen molar-refractivity contribution >= 4 is 22.2 Å². The number of fused-ring (bicyclic) bond motifs is 2. The molecule has 7 rings (SSSR count). The number of rotatable bonds is 2. The Morgan fingerprint density at radius 2 is 1.97 bits per heavy atom. The minimum Gasteiger partial charge on any atom is -0.388 e. The van der Waals surface area contributed by atoms with Crippen molar-refractivity contribution in [2.24, 2.45) is 11.3 Å². The largest absolute Gasteiger partial charge is 0.388 e. The second-order valence-corrected chi connectivity index (χ2v) is 12.1. The summed E-state index contributed by atoms with van der Waals surface area (Å²) in [6, 6.07) is 8.43. The predicted molar refractivity (Wildman–Crippen MR) is 141 cm³/mol. The molecule has 2 aliphatic heterocycles. The Bertz CT molecular complexity index is 1380. The smallest absolute Gasteiger partial charge is 0.131 e. The summed E-state index contributed by atoms with van der Waals surface area (Å²) in [5.41, 5.74) is 9.97. The molecule has 5 aliphatic rings. The van der Waals surface area contributed by atoms with E-state index in [-0.39, 0.29) is 17.1 Å². The summed E-state index contributed by atoms with van der Waals surface area (Å²) < 4.78 is 7.23. The highest BCUT2D eigenvalue weighted by Gasteiger charge is 2.67. The maximum absolute atomic E-state index is 11.2. The molecule has 7 unspecified atom stereocenters. The van der Waals surface area contributed by atoms with Gasteiger partial charge in [0.1, 0.15) is 11.9 Å². The number of aromatic nitrogens is 1.